The van der Waals surface area contributed by atoms with Crippen molar-refractivity contribution in [3.8, 4) is 11.8 Å². The molecule has 8 nitrogen and oxygen atoms in total. The van der Waals surface area contributed by atoms with Crippen LogP contribution in [0.25, 0.3) is 0 Å². The number of benzene rings is 1. The van der Waals surface area contributed by atoms with Crippen LogP contribution < -0.4 is 15.4 Å². The quantitative estimate of drug-likeness (QED) is 0.607. The number of likely N-dealkylation sites (tertiary alicyclic amines) is 1. The highest BCUT2D eigenvalue weighted by atomic mass is 35.5. The minimum Gasteiger partial charge on any atom is -0.482 e. The molecule has 0 spiro atoms. The molecule has 1 saturated carbocycles. The third kappa shape index (κ3) is 5.20. The van der Waals surface area contributed by atoms with Crippen LogP contribution in [0.1, 0.15) is 32.1 Å². The molecule has 0 aromatic heterocycles. The van der Waals surface area contributed by atoms with Gasteiger partial charge in [0, 0.05) is 24.0 Å². The number of amides is 3. The summed E-state index contributed by atoms with van der Waals surface area (Å²) in [5.74, 6) is -0.364. The van der Waals surface area contributed by atoms with Gasteiger partial charge in [-0.1, -0.05) is 29.6 Å². The molecule has 5 atom stereocenters. The van der Waals surface area contributed by atoms with Crippen molar-refractivity contribution in [1.82, 2.24) is 15.5 Å². The molecule has 1 aromatic rings. The molecule has 10 heteroatoms. The smallest absolute Gasteiger partial charge is 0.261 e. The molecule has 2 heterocycles. The normalized spacial score (nSPS) is 26.9. The summed E-state index contributed by atoms with van der Waals surface area (Å²) < 4.78 is 5.61. The van der Waals surface area contributed by atoms with Crippen LogP contribution in [0.3, 0.4) is 0 Å². The molecule has 4 rings (SSSR count). The molecule has 2 aliphatic heterocycles. The summed E-state index contributed by atoms with van der Waals surface area (Å²) in [6.07, 6.45) is 3.75. The number of rotatable bonds is 7. The van der Waals surface area contributed by atoms with E-state index in [2.05, 4.69) is 16.7 Å². The van der Waals surface area contributed by atoms with E-state index in [4.69, 9.17) is 27.9 Å². The Bertz CT molecular complexity index is 982. The maximum absolute atomic E-state index is 13.3. The highest BCUT2D eigenvalue weighted by molar-refractivity contribution is 6.35. The van der Waals surface area contributed by atoms with Crippen LogP contribution in [-0.4, -0.2) is 54.4 Å². The molecule has 33 heavy (non-hydrogen) atoms. The fourth-order valence-corrected chi connectivity index (χ4v) is 5.73. The van der Waals surface area contributed by atoms with Gasteiger partial charge in [0.1, 0.15) is 17.8 Å². The second-order valence-corrected chi connectivity index (χ2v) is 9.76. The van der Waals surface area contributed by atoms with Gasteiger partial charge in [0.2, 0.25) is 11.8 Å². The van der Waals surface area contributed by atoms with Crippen LogP contribution in [0.2, 0.25) is 10.0 Å². The standard InChI is InChI=1S/C23H26Cl2N4O4/c24-15-4-5-19(18(25)9-15)33-12-20(30)29-11-14-2-1-3-17(14)21(29)23(32)28-16(10-26)8-13-6-7-27-22(13)31/h4-5,9,13-14,16-17,21H,1-3,6-8,11-12H2,(H,27,31)(H,28,32). The van der Waals surface area contributed by atoms with Crippen LogP contribution in [0.4, 0.5) is 0 Å². The van der Waals surface area contributed by atoms with E-state index >= 15 is 0 Å². The van der Waals surface area contributed by atoms with E-state index < -0.39 is 12.1 Å². The van der Waals surface area contributed by atoms with Gasteiger partial charge in [0.05, 0.1) is 11.1 Å². The second kappa shape index (κ2) is 10.2. The molecule has 5 unspecified atom stereocenters. The molecule has 3 aliphatic rings. The van der Waals surface area contributed by atoms with Gasteiger partial charge in [-0.2, -0.15) is 5.26 Å². The van der Waals surface area contributed by atoms with E-state index in [1.165, 1.54) is 6.07 Å². The van der Waals surface area contributed by atoms with Crippen LogP contribution in [0, 0.1) is 29.1 Å². The van der Waals surface area contributed by atoms with Crippen molar-refractivity contribution >= 4 is 40.9 Å². The predicted octanol–water partition coefficient (Wildman–Crippen LogP) is 2.53. The molecular formula is C23H26Cl2N4O4. The molecule has 2 saturated heterocycles. The van der Waals surface area contributed by atoms with Gasteiger partial charge in [-0.3, -0.25) is 14.4 Å². The first kappa shape index (κ1) is 23.7. The van der Waals surface area contributed by atoms with Gasteiger partial charge >= 0.3 is 0 Å². The number of fused-ring (bicyclic) bond motifs is 1. The summed E-state index contributed by atoms with van der Waals surface area (Å²) in [6.45, 7) is 0.817. The van der Waals surface area contributed by atoms with E-state index in [-0.39, 0.29) is 48.5 Å². The molecule has 1 aromatic carbocycles. The number of carbonyl (C=O) groups is 3. The van der Waals surface area contributed by atoms with Gasteiger partial charge in [0.15, 0.2) is 6.61 Å². The van der Waals surface area contributed by atoms with Crippen molar-refractivity contribution in [3.05, 3.63) is 28.2 Å². The highest BCUT2D eigenvalue weighted by Gasteiger charge is 2.49. The number of hydrogen-bond donors (Lipinski definition) is 2. The second-order valence-electron chi connectivity index (χ2n) is 8.91. The zero-order chi connectivity index (χ0) is 23.5. The average molecular weight is 493 g/mol. The highest BCUT2D eigenvalue weighted by Crippen LogP contribution is 2.42. The number of carbonyl (C=O) groups excluding carboxylic acids is 3. The van der Waals surface area contributed by atoms with E-state index in [0.29, 0.717) is 35.3 Å². The summed E-state index contributed by atoms with van der Waals surface area (Å²) in [7, 11) is 0. The Balaban J connectivity index is 1.42. The van der Waals surface area contributed by atoms with Gasteiger partial charge in [-0.25, -0.2) is 0 Å². The van der Waals surface area contributed by atoms with Crippen LogP contribution in [0.15, 0.2) is 18.2 Å². The number of ether oxygens (including phenoxy) is 1. The average Bonchev–Trinajstić information content (AvgIpc) is 3.48. The minimum absolute atomic E-state index is 0.0576. The molecular weight excluding hydrogens is 467 g/mol. The van der Waals surface area contributed by atoms with Crippen molar-refractivity contribution in [2.24, 2.45) is 17.8 Å². The topological polar surface area (TPSA) is 112 Å². The molecule has 176 valence electrons. The lowest BCUT2D eigenvalue weighted by molar-refractivity contribution is -0.141. The molecule has 3 fully saturated rings. The Morgan fingerprint density at radius 3 is 2.82 bits per heavy atom. The first-order valence-corrected chi connectivity index (χ1v) is 12.0. The van der Waals surface area contributed by atoms with Crippen molar-refractivity contribution in [2.75, 3.05) is 19.7 Å². The summed E-state index contributed by atoms with van der Waals surface area (Å²) in [4.78, 5) is 39.8. The first-order chi connectivity index (χ1) is 15.9. The number of nitrogens with one attached hydrogen (secondary N) is 2. The molecule has 0 radical (unpaired) electrons. The molecule has 0 bridgehead atoms. The SMILES string of the molecule is N#CC(CC1CCNC1=O)NC(=O)C1C2CCCC2CN1C(=O)COc1ccc(Cl)cc1Cl. The van der Waals surface area contributed by atoms with Crippen molar-refractivity contribution in [2.45, 2.75) is 44.2 Å². The zero-order valence-electron chi connectivity index (χ0n) is 18.1. The third-order valence-electron chi connectivity index (χ3n) is 6.88. The van der Waals surface area contributed by atoms with Crippen LogP contribution in [0.5, 0.6) is 5.75 Å². The Morgan fingerprint density at radius 2 is 2.12 bits per heavy atom. The largest absolute Gasteiger partial charge is 0.482 e. The van der Waals surface area contributed by atoms with E-state index in [1.54, 1.807) is 17.0 Å². The lowest BCUT2D eigenvalue weighted by Crippen LogP contribution is -2.52. The summed E-state index contributed by atoms with van der Waals surface area (Å²) >= 11 is 12.0. The monoisotopic (exact) mass is 492 g/mol. The van der Waals surface area contributed by atoms with E-state index in [9.17, 15) is 19.6 Å². The zero-order valence-corrected chi connectivity index (χ0v) is 19.6. The Hall–Kier alpha value is -2.50. The van der Waals surface area contributed by atoms with Gasteiger partial charge < -0.3 is 20.3 Å². The molecule has 3 amide bonds. The lowest BCUT2D eigenvalue weighted by Gasteiger charge is -2.28. The summed E-state index contributed by atoms with van der Waals surface area (Å²) in [5, 5.41) is 15.9. The fourth-order valence-electron chi connectivity index (χ4n) is 5.27. The maximum Gasteiger partial charge on any atom is 0.261 e. The Kier molecular flexibility index (Phi) is 7.30. The number of nitriles is 1. The van der Waals surface area contributed by atoms with Gasteiger partial charge in [-0.05, 0) is 55.7 Å². The molecule has 1 aliphatic carbocycles. The van der Waals surface area contributed by atoms with Gasteiger partial charge in [-0.15, -0.1) is 0 Å². The van der Waals surface area contributed by atoms with E-state index in [0.717, 1.165) is 19.3 Å². The van der Waals surface area contributed by atoms with Gasteiger partial charge in [0.25, 0.3) is 5.91 Å². The summed E-state index contributed by atoms with van der Waals surface area (Å²) in [5.41, 5.74) is 0. The number of hydrogen-bond acceptors (Lipinski definition) is 5. The van der Waals surface area contributed by atoms with Crippen molar-refractivity contribution in [3.63, 3.8) is 0 Å². The molecule has 2 N–H and O–H groups in total. The van der Waals surface area contributed by atoms with Crippen LogP contribution >= 0.6 is 23.2 Å². The minimum atomic E-state index is -0.784. The Labute approximate surface area is 202 Å². The summed E-state index contributed by atoms with van der Waals surface area (Å²) in [6, 6.07) is 5.41. The number of nitrogens with zero attached hydrogens (tertiary/aromatic N) is 2. The lowest BCUT2D eigenvalue weighted by atomic mass is 9.92. The van der Waals surface area contributed by atoms with Crippen LogP contribution in [-0.2, 0) is 14.4 Å². The Morgan fingerprint density at radius 1 is 1.30 bits per heavy atom. The van der Waals surface area contributed by atoms with Crippen molar-refractivity contribution in [1.29, 1.82) is 5.26 Å². The van der Waals surface area contributed by atoms with Crippen molar-refractivity contribution < 1.29 is 19.1 Å². The maximum atomic E-state index is 13.3. The first-order valence-electron chi connectivity index (χ1n) is 11.2. The number of halogens is 2. The fraction of sp³-hybridized carbons (Fsp3) is 0.565. The van der Waals surface area contributed by atoms with E-state index in [1.807, 2.05) is 0 Å². The predicted molar refractivity (Wildman–Crippen MR) is 122 cm³/mol. The third-order valence-corrected chi connectivity index (χ3v) is 7.41.